The average molecular weight is 405 g/mol. The minimum absolute atomic E-state index is 0.0387. The van der Waals surface area contributed by atoms with Gasteiger partial charge in [-0.15, -0.1) is 0 Å². The van der Waals surface area contributed by atoms with Crippen molar-refractivity contribution in [2.24, 2.45) is 0 Å². The SMILES string of the molecule is Cc1ccc(NC(=O)COc2coc(C[NH+]3CCc4ccccc4C3)cc2=O)cc1. The van der Waals surface area contributed by atoms with Crippen molar-refractivity contribution in [1.29, 1.82) is 0 Å². The Morgan fingerprint density at radius 2 is 1.90 bits per heavy atom. The predicted molar refractivity (Wildman–Crippen MR) is 114 cm³/mol. The number of fused-ring (bicyclic) bond motifs is 1. The van der Waals surface area contributed by atoms with Crippen molar-refractivity contribution < 1.29 is 18.8 Å². The highest BCUT2D eigenvalue weighted by Gasteiger charge is 2.20. The summed E-state index contributed by atoms with van der Waals surface area (Å²) in [6.45, 7) is 4.27. The Kier molecular flexibility index (Phi) is 5.95. The zero-order valence-corrected chi connectivity index (χ0v) is 16.9. The van der Waals surface area contributed by atoms with Gasteiger partial charge in [-0.1, -0.05) is 42.0 Å². The summed E-state index contributed by atoms with van der Waals surface area (Å²) in [5.74, 6) is 0.321. The topological polar surface area (TPSA) is 73.0 Å². The number of ether oxygens (including phenoxy) is 1. The molecule has 0 saturated carbocycles. The zero-order chi connectivity index (χ0) is 20.9. The molecule has 2 aromatic carbocycles. The lowest BCUT2D eigenvalue weighted by atomic mass is 10.00. The van der Waals surface area contributed by atoms with Crippen LogP contribution in [0.2, 0.25) is 0 Å². The third kappa shape index (κ3) is 4.96. The second kappa shape index (κ2) is 8.97. The van der Waals surface area contributed by atoms with Gasteiger partial charge in [-0.05, 0) is 24.6 Å². The number of benzene rings is 2. The second-order valence-electron chi connectivity index (χ2n) is 7.65. The van der Waals surface area contributed by atoms with E-state index in [4.69, 9.17) is 9.15 Å². The summed E-state index contributed by atoms with van der Waals surface area (Å²) in [6, 6.07) is 17.4. The highest BCUT2D eigenvalue weighted by Crippen LogP contribution is 2.12. The number of hydrogen-bond donors (Lipinski definition) is 2. The van der Waals surface area contributed by atoms with Gasteiger partial charge in [0, 0.05) is 23.7 Å². The van der Waals surface area contributed by atoms with Crippen molar-refractivity contribution >= 4 is 11.6 Å². The molecule has 154 valence electrons. The van der Waals surface area contributed by atoms with Crippen LogP contribution in [0.25, 0.3) is 0 Å². The summed E-state index contributed by atoms with van der Waals surface area (Å²) in [4.78, 5) is 25.8. The Balaban J connectivity index is 1.31. The number of hydrogen-bond acceptors (Lipinski definition) is 4. The molecular weight excluding hydrogens is 380 g/mol. The van der Waals surface area contributed by atoms with Crippen LogP contribution in [0, 0.1) is 6.92 Å². The fraction of sp³-hybridized carbons (Fsp3) is 0.250. The molecule has 1 aliphatic heterocycles. The first kappa shape index (κ1) is 19.9. The van der Waals surface area contributed by atoms with Gasteiger partial charge in [0.1, 0.15) is 19.4 Å². The molecule has 30 heavy (non-hydrogen) atoms. The van der Waals surface area contributed by atoms with Gasteiger partial charge in [-0.2, -0.15) is 0 Å². The number of aryl methyl sites for hydroxylation is 1. The van der Waals surface area contributed by atoms with Crippen molar-refractivity contribution in [3.8, 4) is 5.75 Å². The van der Waals surface area contributed by atoms with E-state index in [2.05, 4.69) is 29.6 Å². The summed E-state index contributed by atoms with van der Waals surface area (Å²) < 4.78 is 11.0. The van der Waals surface area contributed by atoms with E-state index < -0.39 is 0 Å². The van der Waals surface area contributed by atoms with Crippen LogP contribution in [0.4, 0.5) is 5.69 Å². The minimum atomic E-state index is -0.334. The van der Waals surface area contributed by atoms with E-state index in [0.717, 1.165) is 25.1 Å². The average Bonchev–Trinajstić information content (AvgIpc) is 2.75. The molecular formula is C24H25N2O4+. The van der Waals surface area contributed by atoms with Crippen molar-refractivity contribution in [3.05, 3.63) is 93.5 Å². The monoisotopic (exact) mass is 405 g/mol. The molecule has 1 amide bonds. The molecule has 0 bridgehead atoms. The van der Waals surface area contributed by atoms with Gasteiger partial charge in [-0.3, -0.25) is 9.59 Å². The summed E-state index contributed by atoms with van der Waals surface area (Å²) in [5, 5.41) is 2.73. The lowest BCUT2D eigenvalue weighted by Crippen LogP contribution is -3.10. The molecule has 0 spiro atoms. The normalized spacial score (nSPS) is 15.3. The Hall–Kier alpha value is -3.38. The molecule has 6 heteroatoms. The Morgan fingerprint density at radius 1 is 1.13 bits per heavy atom. The second-order valence-corrected chi connectivity index (χ2v) is 7.65. The summed E-state index contributed by atoms with van der Waals surface area (Å²) in [7, 11) is 0. The molecule has 1 aliphatic rings. The Morgan fingerprint density at radius 3 is 2.67 bits per heavy atom. The van der Waals surface area contributed by atoms with Gasteiger partial charge in [0.2, 0.25) is 11.2 Å². The van der Waals surface area contributed by atoms with E-state index in [1.165, 1.54) is 28.4 Å². The third-order valence-electron chi connectivity index (χ3n) is 5.28. The van der Waals surface area contributed by atoms with E-state index in [0.29, 0.717) is 18.0 Å². The first-order valence-corrected chi connectivity index (χ1v) is 10.1. The van der Waals surface area contributed by atoms with Crippen molar-refractivity contribution in [2.75, 3.05) is 18.5 Å². The molecule has 0 aliphatic carbocycles. The number of rotatable bonds is 6. The lowest BCUT2D eigenvalue weighted by Gasteiger charge is -2.25. The van der Waals surface area contributed by atoms with Crippen LogP contribution in [0.1, 0.15) is 22.5 Å². The molecule has 2 heterocycles. The van der Waals surface area contributed by atoms with Gasteiger partial charge in [0.05, 0.1) is 6.54 Å². The van der Waals surface area contributed by atoms with Crippen molar-refractivity contribution in [3.63, 3.8) is 0 Å². The fourth-order valence-electron chi connectivity index (χ4n) is 3.65. The standard InChI is InChI=1S/C24H24N2O4/c1-17-6-8-20(9-7-17)25-24(28)16-30-23-15-29-21(12-22(23)27)14-26-11-10-18-4-2-3-5-19(18)13-26/h2-9,12,15H,10-11,13-14,16H2,1H3,(H,25,28)/p+1. The van der Waals surface area contributed by atoms with Gasteiger partial charge in [-0.25, -0.2) is 0 Å². The first-order valence-electron chi connectivity index (χ1n) is 10.1. The number of nitrogens with one attached hydrogen (secondary N) is 2. The molecule has 6 nitrogen and oxygen atoms in total. The molecule has 0 saturated heterocycles. The molecule has 4 rings (SSSR count). The Bertz CT molecular complexity index is 1090. The van der Waals surface area contributed by atoms with Gasteiger partial charge in [0.25, 0.3) is 5.91 Å². The highest BCUT2D eigenvalue weighted by molar-refractivity contribution is 5.91. The molecule has 1 atom stereocenters. The highest BCUT2D eigenvalue weighted by atomic mass is 16.5. The van der Waals surface area contributed by atoms with Crippen LogP contribution in [0.15, 0.2) is 70.1 Å². The Labute approximate surface area is 175 Å². The van der Waals surface area contributed by atoms with Crippen molar-refractivity contribution in [1.82, 2.24) is 0 Å². The number of amides is 1. The molecule has 0 fully saturated rings. The zero-order valence-electron chi connectivity index (χ0n) is 16.9. The van der Waals surface area contributed by atoms with Crippen molar-refractivity contribution in [2.45, 2.75) is 26.4 Å². The van der Waals surface area contributed by atoms with E-state index >= 15 is 0 Å². The van der Waals surface area contributed by atoms with Crippen LogP contribution in [-0.4, -0.2) is 19.1 Å². The van der Waals surface area contributed by atoms with Gasteiger partial charge >= 0.3 is 0 Å². The number of carbonyl (C=O) groups is 1. The number of quaternary nitrogens is 1. The summed E-state index contributed by atoms with van der Waals surface area (Å²) in [6.07, 6.45) is 2.32. The summed E-state index contributed by atoms with van der Waals surface area (Å²) >= 11 is 0. The number of carbonyl (C=O) groups excluding carboxylic acids is 1. The van der Waals surface area contributed by atoms with E-state index in [-0.39, 0.29) is 23.7 Å². The predicted octanol–water partition coefficient (Wildman–Crippen LogP) is 2.11. The van der Waals surface area contributed by atoms with Crippen LogP contribution in [0.5, 0.6) is 5.75 Å². The summed E-state index contributed by atoms with van der Waals surface area (Å²) in [5.41, 5.74) is 4.26. The van der Waals surface area contributed by atoms with Crippen LogP contribution >= 0.6 is 0 Å². The van der Waals surface area contributed by atoms with Crippen LogP contribution in [0.3, 0.4) is 0 Å². The molecule has 0 radical (unpaired) electrons. The smallest absolute Gasteiger partial charge is 0.262 e. The van der Waals surface area contributed by atoms with Gasteiger partial charge < -0.3 is 19.4 Å². The lowest BCUT2D eigenvalue weighted by molar-refractivity contribution is -0.930. The maximum atomic E-state index is 12.4. The largest absolute Gasteiger partial charge is 0.477 e. The fourth-order valence-corrected chi connectivity index (χ4v) is 3.65. The molecule has 1 unspecified atom stereocenters. The molecule has 1 aromatic heterocycles. The van der Waals surface area contributed by atoms with E-state index in [1.807, 2.05) is 31.2 Å². The number of anilines is 1. The minimum Gasteiger partial charge on any atom is -0.477 e. The quantitative estimate of drug-likeness (QED) is 0.659. The van der Waals surface area contributed by atoms with E-state index in [9.17, 15) is 9.59 Å². The van der Waals surface area contributed by atoms with Crippen LogP contribution in [-0.2, 0) is 24.3 Å². The van der Waals surface area contributed by atoms with E-state index in [1.54, 1.807) is 0 Å². The van der Waals surface area contributed by atoms with Crippen LogP contribution < -0.4 is 20.4 Å². The third-order valence-corrected chi connectivity index (χ3v) is 5.28. The molecule has 2 N–H and O–H groups in total. The maximum absolute atomic E-state index is 12.4. The molecule has 3 aromatic rings. The van der Waals surface area contributed by atoms with Gasteiger partial charge in [0.15, 0.2) is 12.4 Å². The maximum Gasteiger partial charge on any atom is 0.262 e. The first-order chi connectivity index (χ1) is 14.6.